The van der Waals surface area contributed by atoms with Crippen LogP contribution in [-0.2, 0) is 0 Å². The van der Waals surface area contributed by atoms with Gasteiger partial charge in [0.15, 0.2) is 0 Å². The van der Waals surface area contributed by atoms with Gasteiger partial charge in [-0.1, -0.05) is 55.0 Å². The van der Waals surface area contributed by atoms with Crippen molar-refractivity contribution >= 4 is 0 Å². The maximum atomic E-state index is 2.30. The van der Waals surface area contributed by atoms with Crippen LogP contribution in [0.4, 0.5) is 0 Å². The zero-order valence-corrected chi connectivity index (χ0v) is 9.70. The Morgan fingerprint density at radius 1 is 1.07 bits per heavy atom. The van der Waals surface area contributed by atoms with E-state index >= 15 is 0 Å². The zero-order chi connectivity index (χ0) is 10.8. The second-order valence-electron chi connectivity index (χ2n) is 4.49. The molecule has 0 aliphatic heterocycles. The molecule has 15 heavy (non-hydrogen) atoms. The highest BCUT2D eigenvalue weighted by Crippen LogP contribution is 2.36. The van der Waals surface area contributed by atoms with Crippen LogP contribution in [0, 0.1) is 12.8 Å². The number of allylic oxidation sites excluding steroid dienone is 4. The highest BCUT2D eigenvalue weighted by atomic mass is 14.3. The largest absolute Gasteiger partial charge is 0.0808 e. The van der Waals surface area contributed by atoms with Gasteiger partial charge >= 0.3 is 0 Å². The van der Waals surface area contributed by atoms with Gasteiger partial charge in [-0.25, -0.2) is 0 Å². The van der Waals surface area contributed by atoms with Crippen LogP contribution in [0.25, 0.3) is 0 Å². The van der Waals surface area contributed by atoms with Crippen molar-refractivity contribution in [3.63, 3.8) is 0 Å². The third-order valence-electron chi connectivity index (χ3n) is 3.31. The van der Waals surface area contributed by atoms with Gasteiger partial charge in [0.25, 0.3) is 0 Å². The van der Waals surface area contributed by atoms with E-state index in [-0.39, 0.29) is 0 Å². The minimum absolute atomic E-state index is 0.566. The summed E-state index contributed by atoms with van der Waals surface area (Å²) in [5.41, 5.74) is 4.35. The van der Waals surface area contributed by atoms with E-state index in [0.29, 0.717) is 11.8 Å². The minimum atomic E-state index is 0.566. The fourth-order valence-electron chi connectivity index (χ4n) is 2.48. The van der Waals surface area contributed by atoms with Gasteiger partial charge in [-0.15, -0.1) is 0 Å². The topological polar surface area (TPSA) is 0 Å². The van der Waals surface area contributed by atoms with E-state index < -0.39 is 0 Å². The molecule has 0 spiro atoms. The molecule has 0 heterocycles. The van der Waals surface area contributed by atoms with Crippen LogP contribution in [-0.4, -0.2) is 0 Å². The summed E-state index contributed by atoms with van der Waals surface area (Å²) < 4.78 is 0. The van der Waals surface area contributed by atoms with Crippen LogP contribution in [0.5, 0.6) is 0 Å². The monoisotopic (exact) mass is 198 g/mol. The van der Waals surface area contributed by atoms with Crippen LogP contribution >= 0.6 is 0 Å². The van der Waals surface area contributed by atoms with E-state index in [1.165, 1.54) is 16.7 Å². The van der Waals surface area contributed by atoms with Crippen molar-refractivity contribution in [2.75, 3.05) is 0 Å². The van der Waals surface area contributed by atoms with Crippen molar-refractivity contribution in [1.82, 2.24) is 0 Å². The summed E-state index contributed by atoms with van der Waals surface area (Å²) >= 11 is 0. The van der Waals surface area contributed by atoms with Crippen LogP contribution < -0.4 is 0 Å². The Morgan fingerprint density at radius 2 is 1.80 bits per heavy atom. The van der Waals surface area contributed by atoms with Crippen molar-refractivity contribution in [3.8, 4) is 0 Å². The van der Waals surface area contributed by atoms with Gasteiger partial charge in [0.1, 0.15) is 0 Å². The summed E-state index contributed by atoms with van der Waals surface area (Å²) in [6, 6.07) is 8.71. The molecule has 78 valence electrons. The van der Waals surface area contributed by atoms with E-state index in [4.69, 9.17) is 0 Å². The van der Waals surface area contributed by atoms with E-state index in [1.54, 1.807) is 0 Å². The zero-order valence-electron chi connectivity index (χ0n) is 9.70. The molecule has 1 aromatic rings. The smallest absolute Gasteiger partial charge is 0.0111 e. The predicted octanol–water partition coefficient (Wildman–Crippen LogP) is 4.23. The standard InChI is InChI=1S/C15H18/c1-11-7-4-5-10-14(11)15-12(2)8-6-9-13(15)3/h4-10,12,15H,1-3H3. The Hall–Kier alpha value is -1.30. The molecule has 0 saturated heterocycles. The van der Waals surface area contributed by atoms with Gasteiger partial charge in [-0.3, -0.25) is 0 Å². The molecule has 2 unspecified atom stereocenters. The molecule has 1 aliphatic rings. The first-order valence-electron chi connectivity index (χ1n) is 5.60. The summed E-state index contributed by atoms with van der Waals surface area (Å²) in [7, 11) is 0. The average molecular weight is 198 g/mol. The Labute approximate surface area is 92.3 Å². The first kappa shape index (κ1) is 10.2. The number of rotatable bonds is 1. The van der Waals surface area contributed by atoms with Crippen LogP contribution in [0.3, 0.4) is 0 Å². The number of benzene rings is 1. The van der Waals surface area contributed by atoms with Crippen LogP contribution in [0.2, 0.25) is 0 Å². The lowest BCUT2D eigenvalue weighted by Crippen LogP contribution is -2.12. The molecule has 0 saturated carbocycles. The third-order valence-corrected chi connectivity index (χ3v) is 3.31. The molecule has 1 aliphatic carbocycles. The SMILES string of the molecule is CC1=CC=CC(C)C1c1ccccc1C. The molecular formula is C15H18. The van der Waals surface area contributed by atoms with Gasteiger partial charge in [0, 0.05) is 5.92 Å². The van der Waals surface area contributed by atoms with Gasteiger partial charge in [-0.05, 0) is 30.9 Å². The summed E-state index contributed by atoms with van der Waals surface area (Å²) in [6.07, 6.45) is 6.70. The molecule has 0 bridgehead atoms. The summed E-state index contributed by atoms with van der Waals surface area (Å²) in [5.74, 6) is 1.17. The Bertz CT molecular complexity index is 410. The van der Waals surface area contributed by atoms with Crippen LogP contribution in [0.15, 0.2) is 48.1 Å². The maximum Gasteiger partial charge on any atom is 0.0111 e. The van der Waals surface area contributed by atoms with Crippen molar-refractivity contribution in [3.05, 3.63) is 59.2 Å². The molecule has 2 rings (SSSR count). The summed E-state index contributed by atoms with van der Waals surface area (Å²) in [4.78, 5) is 0. The lowest BCUT2D eigenvalue weighted by molar-refractivity contribution is 0.603. The predicted molar refractivity (Wildman–Crippen MR) is 66.0 cm³/mol. The van der Waals surface area contributed by atoms with Gasteiger partial charge < -0.3 is 0 Å². The first-order chi connectivity index (χ1) is 7.20. The highest BCUT2D eigenvalue weighted by Gasteiger charge is 2.21. The Balaban J connectivity index is 2.43. The normalized spacial score (nSPS) is 25.1. The lowest BCUT2D eigenvalue weighted by Gasteiger charge is -2.27. The minimum Gasteiger partial charge on any atom is -0.0808 e. The molecular weight excluding hydrogens is 180 g/mol. The Morgan fingerprint density at radius 3 is 2.47 bits per heavy atom. The second kappa shape index (κ2) is 4.06. The number of aryl methyl sites for hydroxylation is 1. The Kier molecular flexibility index (Phi) is 2.77. The van der Waals surface area contributed by atoms with Crippen LogP contribution in [0.1, 0.15) is 30.9 Å². The average Bonchev–Trinajstić information content (AvgIpc) is 2.20. The second-order valence-corrected chi connectivity index (χ2v) is 4.49. The number of hydrogen-bond donors (Lipinski definition) is 0. The molecule has 2 atom stereocenters. The summed E-state index contributed by atoms with van der Waals surface area (Å²) in [6.45, 7) is 6.73. The molecule has 0 heteroatoms. The van der Waals surface area contributed by atoms with Crippen molar-refractivity contribution in [2.24, 2.45) is 5.92 Å². The highest BCUT2D eigenvalue weighted by molar-refractivity contribution is 5.39. The van der Waals surface area contributed by atoms with E-state index in [2.05, 4.69) is 63.3 Å². The third kappa shape index (κ3) is 1.90. The first-order valence-corrected chi connectivity index (χ1v) is 5.60. The summed E-state index contributed by atoms with van der Waals surface area (Å²) in [5, 5.41) is 0. The molecule has 0 radical (unpaired) electrons. The fourth-order valence-corrected chi connectivity index (χ4v) is 2.48. The molecule has 0 aromatic heterocycles. The number of hydrogen-bond acceptors (Lipinski definition) is 0. The lowest BCUT2D eigenvalue weighted by atomic mass is 9.78. The molecule has 0 fully saturated rings. The maximum absolute atomic E-state index is 2.30. The van der Waals surface area contributed by atoms with Gasteiger partial charge in [0.2, 0.25) is 0 Å². The molecule has 1 aromatic carbocycles. The van der Waals surface area contributed by atoms with Gasteiger partial charge in [0.05, 0.1) is 0 Å². The fraction of sp³-hybridized carbons (Fsp3) is 0.333. The quantitative estimate of drug-likeness (QED) is 0.633. The molecule has 0 amide bonds. The van der Waals surface area contributed by atoms with Crippen molar-refractivity contribution in [1.29, 1.82) is 0 Å². The van der Waals surface area contributed by atoms with E-state index in [1.807, 2.05) is 0 Å². The van der Waals surface area contributed by atoms with E-state index in [9.17, 15) is 0 Å². The molecule has 0 nitrogen and oxygen atoms in total. The molecule has 0 N–H and O–H groups in total. The van der Waals surface area contributed by atoms with Crippen molar-refractivity contribution in [2.45, 2.75) is 26.7 Å². The van der Waals surface area contributed by atoms with Gasteiger partial charge in [-0.2, -0.15) is 0 Å². The van der Waals surface area contributed by atoms with Crippen molar-refractivity contribution < 1.29 is 0 Å². The van der Waals surface area contributed by atoms with E-state index in [0.717, 1.165) is 0 Å².